The summed E-state index contributed by atoms with van der Waals surface area (Å²) in [7, 11) is 0. The molecule has 0 atom stereocenters. The van der Waals surface area contributed by atoms with Crippen molar-refractivity contribution in [3.8, 4) is 11.5 Å². The second-order valence-electron chi connectivity index (χ2n) is 5.95. The van der Waals surface area contributed by atoms with Crippen molar-refractivity contribution in [1.82, 2.24) is 9.80 Å². The van der Waals surface area contributed by atoms with E-state index in [1.807, 2.05) is 6.92 Å². The van der Waals surface area contributed by atoms with E-state index in [0.717, 1.165) is 38.4 Å². The number of thioether (sulfide) groups is 1. The van der Waals surface area contributed by atoms with Gasteiger partial charge in [0.25, 0.3) is 5.91 Å². The van der Waals surface area contributed by atoms with Gasteiger partial charge in [-0.2, -0.15) is 0 Å². The van der Waals surface area contributed by atoms with E-state index >= 15 is 0 Å². The summed E-state index contributed by atoms with van der Waals surface area (Å²) in [6.45, 7) is 6.93. The summed E-state index contributed by atoms with van der Waals surface area (Å²) in [5.74, 6) is 0.422. The van der Waals surface area contributed by atoms with Gasteiger partial charge in [-0.25, -0.2) is 0 Å². The smallest absolute Gasteiger partial charge is 0.266 e. The Bertz CT molecular complexity index is 717. The van der Waals surface area contributed by atoms with Crippen LogP contribution in [0, 0.1) is 0 Å². The number of aromatic hydroxyl groups is 1. The first kappa shape index (κ1) is 19.2. The van der Waals surface area contributed by atoms with Crippen LogP contribution in [-0.4, -0.2) is 71.1 Å². The molecule has 2 heterocycles. The van der Waals surface area contributed by atoms with Crippen LogP contribution >= 0.6 is 24.0 Å². The van der Waals surface area contributed by atoms with Gasteiger partial charge < -0.3 is 14.6 Å². The van der Waals surface area contributed by atoms with E-state index in [1.165, 1.54) is 11.8 Å². The van der Waals surface area contributed by atoms with Gasteiger partial charge in [0.05, 0.1) is 24.7 Å². The number of hydrogen-bond donors (Lipinski definition) is 1. The normalized spacial score (nSPS) is 20.2. The fourth-order valence-electron chi connectivity index (χ4n) is 2.80. The predicted molar refractivity (Wildman–Crippen MR) is 106 cm³/mol. The summed E-state index contributed by atoms with van der Waals surface area (Å²) in [6.07, 6.45) is 1.79. The van der Waals surface area contributed by atoms with E-state index in [4.69, 9.17) is 21.7 Å². The average molecular weight is 395 g/mol. The molecule has 0 unspecified atom stereocenters. The maximum absolute atomic E-state index is 12.7. The second kappa shape index (κ2) is 8.85. The SMILES string of the molecule is CCOc1cc(/C=C2\SC(=S)N(CCN3CCOCC3)C2=O)ccc1O. The Balaban J connectivity index is 1.67. The summed E-state index contributed by atoms with van der Waals surface area (Å²) in [4.78, 5) is 17.2. The highest BCUT2D eigenvalue weighted by Gasteiger charge is 2.32. The largest absolute Gasteiger partial charge is 0.504 e. The van der Waals surface area contributed by atoms with Crippen molar-refractivity contribution in [1.29, 1.82) is 0 Å². The van der Waals surface area contributed by atoms with Crippen molar-refractivity contribution in [3.63, 3.8) is 0 Å². The average Bonchev–Trinajstić information content (AvgIpc) is 2.90. The Morgan fingerprint density at radius 2 is 2.12 bits per heavy atom. The van der Waals surface area contributed by atoms with Gasteiger partial charge >= 0.3 is 0 Å². The molecule has 26 heavy (non-hydrogen) atoms. The molecule has 0 spiro atoms. The Kier molecular flexibility index (Phi) is 6.53. The molecule has 0 bridgehead atoms. The van der Waals surface area contributed by atoms with E-state index in [1.54, 1.807) is 29.2 Å². The van der Waals surface area contributed by atoms with E-state index in [2.05, 4.69) is 4.90 Å². The summed E-state index contributed by atoms with van der Waals surface area (Å²) in [5, 5.41) is 9.80. The molecule has 2 aliphatic rings. The molecule has 3 rings (SSSR count). The molecule has 0 radical (unpaired) electrons. The Morgan fingerprint density at radius 3 is 2.85 bits per heavy atom. The van der Waals surface area contributed by atoms with Crippen molar-refractivity contribution >= 4 is 40.3 Å². The molecule has 1 amide bonds. The van der Waals surface area contributed by atoms with Crippen molar-refractivity contribution in [2.24, 2.45) is 0 Å². The minimum atomic E-state index is -0.0701. The fraction of sp³-hybridized carbons (Fsp3) is 0.444. The van der Waals surface area contributed by atoms with Crippen LogP contribution < -0.4 is 4.74 Å². The third-order valence-corrected chi connectivity index (χ3v) is 5.58. The number of benzene rings is 1. The van der Waals surface area contributed by atoms with Crippen molar-refractivity contribution in [2.75, 3.05) is 46.0 Å². The van der Waals surface area contributed by atoms with Crippen LogP contribution in [0.25, 0.3) is 6.08 Å². The van der Waals surface area contributed by atoms with Gasteiger partial charge in [0.1, 0.15) is 4.32 Å². The van der Waals surface area contributed by atoms with Crippen molar-refractivity contribution in [2.45, 2.75) is 6.92 Å². The number of rotatable bonds is 6. The topological polar surface area (TPSA) is 62.2 Å². The van der Waals surface area contributed by atoms with Crippen LogP contribution in [0.15, 0.2) is 23.1 Å². The van der Waals surface area contributed by atoms with Crippen LogP contribution in [0.2, 0.25) is 0 Å². The molecular formula is C18H22N2O4S2. The van der Waals surface area contributed by atoms with Gasteiger partial charge in [-0.1, -0.05) is 30.0 Å². The van der Waals surface area contributed by atoms with E-state index < -0.39 is 0 Å². The van der Waals surface area contributed by atoms with E-state index in [9.17, 15) is 9.90 Å². The Hall–Kier alpha value is -1.61. The zero-order valence-electron chi connectivity index (χ0n) is 14.6. The number of phenols is 1. The first-order valence-electron chi connectivity index (χ1n) is 8.59. The van der Waals surface area contributed by atoms with Crippen LogP contribution in [0.1, 0.15) is 12.5 Å². The highest BCUT2D eigenvalue weighted by molar-refractivity contribution is 8.26. The minimum Gasteiger partial charge on any atom is -0.504 e. The number of ether oxygens (including phenoxy) is 2. The molecule has 8 heteroatoms. The van der Waals surface area contributed by atoms with Crippen LogP contribution in [-0.2, 0) is 9.53 Å². The van der Waals surface area contributed by atoms with Crippen molar-refractivity contribution in [3.05, 3.63) is 28.7 Å². The summed E-state index contributed by atoms with van der Waals surface area (Å²) >= 11 is 6.69. The maximum Gasteiger partial charge on any atom is 0.266 e. The maximum atomic E-state index is 12.7. The van der Waals surface area contributed by atoms with Gasteiger partial charge in [-0.05, 0) is 30.7 Å². The number of nitrogens with zero attached hydrogens (tertiary/aromatic N) is 2. The number of amides is 1. The molecule has 2 fully saturated rings. The minimum absolute atomic E-state index is 0.0701. The third-order valence-electron chi connectivity index (χ3n) is 4.20. The first-order valence-corrected chi connectivity index (χ1v) is 9.82. The van der Waals surface area contributed by atoms with Crippen LogP contribution in [0.5, 0.6) is 11.5 Å². The first-order chi connectivity index (χ1) is 12.6. The van der Waals surface area contributed by atoms with Crippen LogP contribution in [0.4, 0.5) is 0 Å². The zero-order chi connectivity index (χ0) is 18.5. The molecule has 140 valence electrons. The molecular weight excluding hydrogens is 372 g/mol. The summed E-state index contributed by atoms with van der Waals surface area (Å²) in [5.41, 5.74) is 0.792. The van der Waals surface area contributed by atoms with Gasteiger partial charge in [-0.15, -0.1) is 0 Å². The van der Waals surface area contributed by atoms with Gasteiger partial charge in [-0.3, -0.25) is 14.6 Å². The lowest BCUT2D eigenvalue weighted by atomic mass is 10.2. The molecule has 1 N–H and O–H groups in total. The molecule has 6 nitrogen and oxygen atoms in total. The number of morpholine rings is 1. The number of carbonyl (C=O) groups is 1. The number of carbonyl (C=O) groups excluding carboxylic acids is 1. The Morgan fingerprint density at radius 1 is 1.35 bits per heavy atom. The number of phenolic OH excluding ortho intramolecular Hbond substituents is 1. The monoisotopic (exact) mass is 394 g/mol. The molecule has 2 saturated heterocycles. The molecule has 1 aromatic carbocycles. The van der Waals surface area contributed by atoms with E-state index in [-0.39, 0.29) is 11.7 Å². The lowest BCUT2D eigenvalue weighted by Gasteiger charge is -2.28. The highest BCUT2D eigenvalue weighted by Crippen LogP contribution is 2.34. The van der Waals surface area contributed by atoms with E-state index in [0.29, 0.717) is 28.1 Å². The summed E-state index contributed by atoms with van der Waals surface area (Å²) in [6, 6.07) is 5.03. The number of hydrogen-bond acceptors (Lipinski definition) is 7. The van der Waals surface area contributed by atoms with Gasteiger partial charge in [0, 0.05) is 26.2 Å². The molecule has 1 aromatic rings. The molecule has 0 saturated carbocycles. The fourth-order valence-corrected chi connectivity index (χ4v) is 4.11. The lowest BCUT2D eigenvalue weighted by molar-refractivity contribution is -0.122. The number of thiocarbonyl (C=S) groups is 1. The van der Waals surface area contributed by atoms with Crippen LogP contribution in [0.3, 0.4) is 0 Å². The highest BCUT2D eigenvalue weighted by atomic mass is 32.2. The molecule has 0 aromatic heterocycles. The molecule has 0 aliphatic carbocycles. The summed E-state index contributed by atoms with van der Waals surface area (Å²) < 4.78 is 11.3. The standard InChI is InChI=1S/C18H22N2O4S2/c1-2-24-15-11-13(3-4-14(15)21)12-16-17(22)20(18(25)26-16)6-5-19-7-9-23-10-8-19/h3-4,11-12,21H,2,5-10H2,1H3/b16-12-. The quantitative estimate of drug-likeness (QED) is 0.587. The predicted octanol–water partition coefficient (Wildman–Crippen LogP) is 2.32. The van der Waals surface area contributed by atoms with Crippen molar-refractivity contribution < 1.29 is 19.4 Å². The van der Waals surface area contributed by atoms with Gasteiger partial charge in [0.15, 0.2) is 11.5 Å². The zero-order valence-corrected chi connectivity index (χ0v) is 16.3. The van der Waals surface area contributed by atoms with Gasteiger partial charge in [0.2, 0.25) is 0 Å². The third kappa shape index (κ3) is 4.56. The second-order valence-corrected chi connectivity index (χ2v) is 7.62. The lowest BCUT2D eigenvalue weighted by Crippen LogP contribution is -2.42. The Labute approximate surface area is 162 Å². The molecule has 2 aliphatic heterocycles.